The van der Waals surface area contributed by atoms with Gasteiger partial charge in [0.25, 0.3) is 5.69 Å². The molecule has 5 rings (SSSR count). The minimum Gasteiger partial charge on any atom is -0.486 e. The number of fused-ring (bicyclic) bond motifs is 1. The Balaban J connectivity index is 1.50. The maximum Gasteiger partial charge on any atom is 0.301 e. The Morgan fingerprint density at radius 1 is 0.944 bits per heavy atom. The van der Waals surface area contributed by atoms with Crippen LogP contribution in [0.3, 0.4) is 0 Å². The number of nitro groups is 2. The molecule has 0 aliphatic carbocycles. The average Bonchev–Trinajstić information content (AvgIpc) is 3.33. The molecule has 0 amide bonds. The Kier molecular flexibility index (Phi) is 5.97. The van der Waals surface area contributed by atoms with Crippen molar-refractivity contribution >= 4 is 23.3 Å². The van der Waals surface area contributed by atoms with Crippen LogP contribution in [0.15, 0.2) is 78.0 Å². The van der Waals surface area contributed by atoms with Gasteiger partial charge in [0, 0.05) is 23.4 Å². The van der Waals surface area contributed by atoms with Gasteiger partial charge in [-0.3, -0.25) is 25.7 Å². The van der Waals surface area contributed by atoms with Crippen LogP contribution in [0.2, 0.25) is 0 Å². The molecule has 0 saturated heterocycles. The van der Waals surface area contributed by atoms with Gasteiger partial charge in [-0.1, -0.05) is 18.2 Å². The molecule has 0 unspecified atom stereocenters. The number of aromatic nitrogens is 2. The number of non-ortho nitro benzene ring substituents is 1. The summed E-state index contributed by atoms with van der Waals surface area (Å²) in [5, 5.41) is 31.2. The van der Waals surface area contributed by atoms with E-state index in [1.165, 1.54) is 18.3 Å². The van der Waals surface area contributed by atoms with Crippen LogP contribution in [0.25, 0.3) is 16.9 Å². The number of para-hydroxylation sites is 1. The molecule has 0 saturated carbocycles. The van der Waals surface area contributed by atoms with Gasteiger partial charge in [0.05, 0.1) is 27.8 Å². The Morgan fingerprint density at radius 2 is 1.72 bits per heavy atom. The van der Waals surface area contributed by atoms with E-state index < -0.39 is 15.5 Å². The summed E-state index contributed by atoms with van der Waals surface area (Å²) in [5.41, 5.74) is 4.57. The van der Waals surface area contributed by atoms with Crippen molar-refractivity contribution < 1.29 is 19.3 Å². The molecule has 3 aromatic carbocycles. The normalized spacial score (nSPS) is 12.4. The van der Waals surface area contributed by atoms with Crippen LogP contribution in [0.4, 0.5) is 17.1 Å². The highest BCUT2D eigenvalue weighted by molar-refractivity contribution is 5.89. The molecular formula is C24H18N6O6. The summed E-state index contributed by atoms with van der Waals surface area (Å²) in [6.07, 6.45) is 3.25. The summed E-state index contributed by atoms with van der Waals surface area (Å²) < 4.78 is 13.0. The third-order valence-corrected chi connectivity index (χ3v) is 5.36. The first-order valence-electron chi connectivity index (χ1n) is 10.8. The lowest BCUT2D eigenvalue weighted by atomic mass is 10.1. The molecule has 0 spiro atoms. The van der Waals surface area contributed by atoms with Gasteiger partial charge in [-0.15, -0.1) is 0 Å². The first kappa shape index (κ1) is 22.5. The van der Waals surface area contributed by atoms with Crippen LogP contribution >= 0.6 is 0 Å². The Bertz CT molecular complexity index is 1480. The molecule has 2 heterocycles. The summed E-state index contributed by atoms with van der Waals surface area (Å²) in [5.74, 6) is 1.25. The first-order valence-corrected chi connectivity index (χ1v) is 10.8. The van der Waals surface area contributed by atoms with Gasteiger partial charge in [-0.05, 0) is 36.4 Å². The number of nitro benzene ring substituents is 2. The van der Waals surface area contributed by atoms with Crippen molar-refractivity contribution in [1.82, 2.24) is 9.78 Å². The predicted octanol–water partition coefficient (Wildman–Crippen LogP) is 4.57. The van der Waals surface area contributed by atoms with Gasteiger partial charge in [0.1, 0.15) is 24.6 Å². The van der Waals surface area contributed by atoms with Crippen LogP contribution in [-0.4, -0.2) is 39.1 Å². The van der Waals surface area contributed by atoms with E-state index in [1.807, 2.05) is 48.5 Å². The molecule has 12 nitrogen and oxygen atoms in total. The van der Waals surface area contributed by atoms with Crippen LogP contribution in [0.1, 0.15) is 5.56 Å². The Hall–Kier alpha value is -5.26. The molecule has 0 radical (unpaired) electrons. The Morgan fingerprint density at radius 3 is 2.47 bits per heavy atom. The third kappa shape index (κ3) is 4.55. The van der Waals surface area contributed by atoms with Crippen molar-refractivity contribution in [2.24, 2.45) is 5.10 Å². The lowest BCUT2D eigenvalue weighted by molar-refractivity contribution is -0.393. The highest BCUT2D eigenvalue weighted by Gasteiger charge is 2.20. The fourth-order valence-corrected chi connectivity index (χ4v) is 3.66. The van der Waals surface area contributed by atoms with Crippen molar-refractivity contribution in [3.8, 4) is 28.4 Å². The summed E-state index contributed by atoms with van der Waals surface area (Å²) in [7, 11) is 0. The number of ether oxygens (including phenoxy) is 2. The number of anilines is 1. The molecule has 1 N–H and O–H groups in total. The number of nitrogens with one attached hydrogen (secondary N) is 1. The number of benzene rings is 3. The van der Waals surface area contributed by atoms with Gasteiger partial charge < -0.3 is 9.47 Å². The lowest BCUT2D eigenvalue weighted by Crippen LogP contribution is -2.15. The van der Waals surface area contributed by atoms with E-state index in [2.05, 4.69) is 10.5 Å². The summed E-state index contributed by atoms with van der Waals surface area (Å²) in [6.45, 7) is 0.925. The number of hydrazone groups is 1. The molecule has 0 bridgehead atoms. The van der Waals surface area contributed by atoms with E-state index in [0.29, 0.717) is 36.0 Å². The van der Waals surface area contributed by atoms with E-state index in [0.717, 1.165) is 17.3 Å². The van der Waals surface area contributed by atoms with E-state index in [9.17, 15) is 20.2 Å². The summed E-state index contributed by atoms with van der Waals surface area (Å²) >= 11 is 0. The zero-order chi connectivity index (χ0) is 25.1. The molecule has 1 aliphatic heterocycles. The predicted molar refractivity (Wildman–Crippen MR) is 131 cm³/mol. The van der Waals surface area contributed by atoms with E-state index in [4.69, 9.17) is 14.6 Å². The highest BCUT2D eigenvalue weighted by Crippen LogP contribution is 2.35. The second-order valence-corrected chi connectivity index (χ2v) is 7.66. The quantitative estimate of drug-likeness (QED) is 0.227. The average molecular weight is 486 g/mol. The minimum atomic E-state index is -0.709. The van der Waals surface area contributed by atoms with Gasteiger partial charge in [-0.2, -0.15) is 10.2 Å². The number of rotatable bonds is 7. The first-order chi connectivity index (χ1) is 17.5. The van der Waals surface area contributed by atoms with Gasteiger partial charge in [-0.25, -0.2) is 4.68 Å². The molecule has 12 heteroatoms. The van der Waals surface area contributed by atoms with Crippen molar-refractivity contribution in [2.75, 3.05) is 18.6 Å². The van der Waals surface area contributed by atoms with E-state index in [-0.39, 0.29) is 11.4 Å². The second-order valence-electron chi connectivity index (χ2n) is 7.66. The van der Waals surface area contributed by atoms with Crippen molar-refractivity contribution in [2.45, 2.75) is 0 Å². The lowest BCUT2D eigenvalue weighted by Gasteiger charge is -2.18. The molecule has 180 valence electrons. The summed E-state index contributed by atoms with van der Waals surface area (Å²) in [6, 6.07) is 18.3. The van der Waals surface area contributed by atoms with Crippen LogP contribution in [0, 0.1) is 20.2 Å². The smallest absolute Gasteiger partial charge is 0.301 e. The van der Waals surface area contributed by atoms with Crippen molar-refractivity contribution in [1.29, 1.82) is 0 Å². The minimum absolute atomic E-state index is 0.0122. The van der Waals surface area contributed by atoms with Gasteiger partial charge >= 0.3 is 5.69 Å². The highest BCUT2D eigenvalue weighted by atomic mass is 16.6. The number of nitrogens with zero attached hydrogens (tertiary/aromatic N) is 5. The molecule has 36 heavy (non-hydrogen) atoms. The van der Waals surface area contributed by atoms with Crippen molar-refractivity contribution in [3.05, 3.63) is 98.7 Å². The Labute approximate surface area is 203 Å². The second kappa shape index (κ2) is 9.54. The molecule has 0 atom stereocenters. The molecule has 1 aliphatic rings. The summed E-state index contributed by atoms with van der Waals surface area (Å²) in [4.78, 5) is 21.0. The van der Waals surface area contributed by atoms with E-state index >= 15 is 0 Å². The standard InChI is InChI=1S/C24H18N6O6/c31-29(32)19-7-8-20(21(13-19)30(33)34)26-25-14-17-15-28(18-4-2-1-3-5-18)27-24(17)16-6-9-22-23(12-16)36-11-10-35-22/h1-9,12-15,26H,10-11H2/b25-14+. The zero-order valence-corrected chi connectivity index (χ0v) is 18.6. The van der Waals surface area contributed by atoms with E-state index in [1.54, 1.807) is 10.9 Å². The monoisotopic (exact) mass is 486 g/mol. The number of hydrogen-bond donors (Lipinski definition) is 1. The maximum absolute atomic E-state index is 11.4. The molecule has 0 fully saturated rings. The third-order valence-electron chi connectivity index (χ3n) is 5.36. The van der Waals surface area contributed by atoms with Crippen LogP contribution < -0.4 is 14.9 Å². The topological polar surface area (TPSA) is 147 Å². The van der Waals surface area contributed by atoms with Gasteiger partial charge in [0.2, 0.25) is 0 Å². The van der Waals surface area contributed by atoms with Crippen molar-refractivity contribution in [3.63, 3.8) is 0 Å². The molecular weight excluding hydrogens is 468 g/mol. The molecule has 4 aromatic rings. The van der Waals surface area contributed by atoms with Gasteiger partial charge in [0.15, 0.2) is 11.5 Å². The largest absolute Gasteiger partial charge is 0.486 e. The van der Waals surface area contributed by atoms with Crippen LogP contribution in [0.5, 0.6) is 11.5 Å². The SMILES string of the molecule is O=[N+]([O-])c1ccc(N/N=C/c2cn(-c3ccccc3)nc2-c2ccc3c(c2)OCCO3)c([N+](=O)[O-])c1. The fraction of sp³-hybridized carbons (Fsp3) is 0.0833. The number of hydrogen-bond acceptors (Lipinski definition) is 9. The molecule has 1 aromatic heterocycles. The zero-order valence-electron chi connectivity index (χ0n) is 18.6. The van der Waals surface area contributed by atoms with Crippen LogP contribution in [-0.2, 0) is 0 Å². The maximum atomic E-state index is 11.4. The fourth-order valence-electron chi connectivity index (χ4n) is 3.66.